The van der Waals surface area contributed by atoms with Crippen molar-refractivity contribution in [3.05, 3.63) is 40.4 Å². The molecule has 0 spiro atoms. The highest BCUT2D eigenvalue weighted by Crippen LogP contribution is 2.50. The minimum Gasteiger partial charge on any atom is -0.387 e. The largest absolute Gasteiger partial charge is 0.387 e. The number of aryl methyl sites for hydroxylation is 1. The summed E-state index contributed by atoms with van der Waals surface area (Å²) in [5.41, 5.74) is 9.01. The maximum atomic E-state index is 13.2. The maximum absolute atomic E-state index is 13.2. The fraction of sp³-hybridized carbons (Fsp3) is 0.350. The van der Waals surface area contributed by atoms with E-state index >= 15 is 0 Å². The number of nitrogens with zero attached hydrogens (tertiary/aromatic N) is 3. The molecule has 28 heavy (non-hydrogen) atoms. The van der Waals surface area contributed by atoms with Gasteiger partial charge in [-0.05, 0) is 30.7 Å². The van der Waals surface area contributed by atoms with Gasteiger partial charge in [0.25, 0.3) is 0 Å². The zero-order valence-electron chi connectivity index (χ0n) is 15.5. The van der Waals surface area contributed by atoms with Crippen molar-refractivity contribution in [3.63, 3.8) is 0 Å². The number of nitrogen functional groups attached to an aromatic ring is 1. The molecule has 146 valence electrons. The van der Waals surface area contributed by atoms with E-state index in [0.29, 0.717) is 11.4 Å². The number of pyridine rings is 2. The first-order valence-electron chi connectivity index (χ1n) is 8.93. The molecule has 1 unspecified atom stereocenters. The van der Waals surface area contributed by atoms with Crippen molar-refractivity contribution >= 4 is 33.6 Å². The molecule has 1 aliphatic rings. The van der Waals surface area contributed by atoms with E-state index in [-0.39, 0.29) is 12.8 Å². The van der Waals surface area contributed by atoms with E-state index in [0.717, 1.165) is 31.9 Å². The van der Waals surface area contributed by atoms with Gasteiger partial charge in [-0.15, -0.1) is 11.3 Å². The molecule has 0 aliphatic heterocycles. The van der Waals surface area contributed by atoms with Gasteiger partial charge in [0.1, 0.15) is 10.6 Å². The number of aromatic nitrogens is 2. The van der Waals surface area contributed by atoms with Crippen molar-refractivity contribution in [2.24, 2.45) is 10.9 Å². The number of rotatable bonds is 4. The zero-order chi connectivity index (χ0) is 20.1. The Morgan fingerprint density at radius 3 is 2.82 bits per heavy atom. The van der Waals surface area contributed by atoms with Crippen molar-refractivity contribution < 1.29 is 13.9 Å². The van der Waals surface area contributed by atoms with Crippen LogP contribution in [0, 0.1) is 12.8 Å². The number of alkyl halides is 2. The summed E-state index contributed by atoms with van der Waals surface area (Å²) in [7, 11) is 1.66. The quantitative estimate of drug-likeness (QED) is 0.635. The average molecular weight is 402 g/mol. The number of nitrogens with two attached hydrogens (primary N) is 1. The number of fused-ring (bicyclic) bond motifs is 1. The van der Waals surface area contributed by atoms with Crippen LogP contribution >= 0.6 is 11.3 Å². The van der Waals surface area contributed by atoms with Gasteiger partial charge in [-0.2, -0.15) is 0 Å². The molecule has 3 heterocycles. The predicted octanol–water partition coefficient (Wildman–Crippen LogP) is 4.38. The number of hydrogen-bond acceptors (Lipinski definition) is 6. The Morgan fingerprint density at radius 2 is 2.14 bits per heavy atom. The monoisotopic (exact) mass is 402 g/mol. The van der Waals surface area contributed by atoms with E-state index in [4.69, 9.17) is 10.7 Å². The van der Waals surface area contributed by atoms with Gasteiger partial charge in [0.15, 0.2) is 0 Å². The molecular weight excluding hydrogens is 382 g/mol. The van der Waals surface area contributed by atoms with Crippen LogP contribution in [-0.2, 0) is 0 Å². The highest BCUT2D eigenvalue weighted by molar-refractivity contribution is 7.18. The van der Waals surface area contributed by atoms with Gasteiger partial charge in [0.2, 0.25) is 5.92 Å². The van der Waals surface area contributed by atoms with Crippen LogP contribution in [-0.4, -0.2) is 34.3 Å². The molecule has 1 atom stereocenters. The van der Waals surface area contributed by atoms with Gasteiger partial charge in [0.05, 0.1) is 11.8 Å². The molecule has 1 fully saturated rings. The molecule has 1 saturated carbocycles. The molecule has 3 aromatic rings. The van der Waals surface area contributed by atoms with E-state index in [1.165, 1.54) is 11.3 Å². The number of halogens is 2. The molecular formula is C20H20F2N4OS. The molecule has 1 aliphatic carbocycles. The Bertz CT molecular complexity index is 1070. The third-order valence-electron chi connectivity index (χ3n) is 5.19. The van der Waals surface area contributed by atoms with Crippen LogP contribution in [0.3, 0.4) is 0 Å². The normalized spacial score (nSPS) is 17.9. The molecule has 0 aromatic carbocycles. The summed E-state index contributed by atoms with van der Waals surface area (Å²) >= 11 is 1.36. The van der Waals surface area contributed by atoms with E-state index in [2.05, 4.69) is 9.98 Å². The molecule has 4 rings (SSSR count). The third kappa shape index (κ3) is 3.27. The maximum Gasteiger partial charge on any atom is 0.248 e. The molecule has 0 saturated heterocycles. The molecule has 3 N–H and O–H groups in total. The number of anilines is 1. The highest BCUT2D eigenvalue weighted by atomic mass is 32.1. The topological polar surface area (TPSA) is 84.4 Å². The van der Waals surface area contributed by atoms with Crippen LogP contribution in [0.2, 0.25) is 0 Å². The van der Waals surface area contributed by atoms with Gasteiger partial charge >= 0.3 is 0 Å². The number of aliphatic hydroxyl groups is 1. The van der Waals surface area contributed by atoms with Crippen LogP contribution in [0.1, 0.15) is 34.9 Å². The number of hydrogen-bond donors (Lipinski definition) is 2. The fourth-order valence-electron chi connectivity index (χ4n) is 3.58. The lowest BCUT2D eigenvalue weighted by Crippen LogP contribution is -2.38. The number of thiophene rings is 1. The van der Waals surface area contributed by atoms with Crippen molar-refractivity contribution in [2.45, 2.75) is 31.8 Å². The summed E-state index contributed by atoms with van der Waals surface area (Å²) in [5.74, 6) is -2.66. The fourth-order valence-corrected chi connectivity index (χ4v) is 4.84. The molecule has 3 aromatic heterocycles. The second-order valence-electron chi connectivity index (χ2n) is 7.20. The first-order chi connectivity index (χ1) is 13.3. The molecule has 5 nitrogen and oxygen atoms in total. The van der Waals surface area contributed by atoms with E-state index < -0.39 is 17.9 Å². The van der Waals surface area contributed by atoms with Crippen LogP contribution in [0.25, 0.3) is 21.5 Å². The van der Waals surface area contributed by atoms with Gasteiger partial charge in [0, 0.05) is 59.6 Å². The smallest absolute Gasteiger partial charge is 0.248 e. The summed E-state index contributed by atoms with van der Waals surface area (Å²) in [5, 5.41) is 11.5. The molecule has 0 bridgehead atoms. The Kier molecular flexibility index (Phi) is 4.63. The van der Waals surface area contributed by atoms with Crippen molar-refractivity contribution in [2.75, 3.05) is 12.8 Å². The standard InChI is InChI=1S/C20H20F2N4OS/c1-10-14-3-4-15(11-5-12(8-24-2)18(23)25-9-11)26-19(14)28-17(10)16(27)13-6-20(21,22)7-13/h3-5,8-9,13,16,27H,6-7H2,1-2H3,(H2,23,25). The molecule has 0 amide bonds. The third-order valence-corrected chi connectivity index (χ3v) is 6.46. The second kappa shape index (κ2) is 6.86. The van der Waals surface area contributed by atoms with E-state index in [9.17, 15) is 13.9 Å². The minimum absolute atomic E-state index is 0.264. The number of aliphatic imine (C=N–C) groups is 1. The zero-order valence-corrected chi connectivity index (χ0v) is 16.3. The van der Waals surface area contributed by atoms with E-state index in [1.54, 1.807) is 19.5 Å². The van der Waals surface area contributed by atoms with Crippen molar-refractivity contribution in [3.8, 4) is 11.3 Å². The second-order valence-corrected chi connectivity index (χ2v) is 8.23. The van der Waals surface area contributed by atoms with Gasteiger partial charge in [-0.1, -0.05) is 0 Å². The average Bonchev–Trinajstić information content (AvgIpc) is 2.97. The highest BCUT2D eigenvalue weighted by Gasteiger charge is 2.49. The van der Waals surface area contributed by atoms with Gasteiger partial charge in [-0.3, -0.25) is 4.99 Å². The number of aliphatic hydroxyl groups excluding tert-OH is 1. The molecule has 8 heteroatoms. The summed E-state index contributed by atoms with van der Waals surface area (Å²) < 4.78 is 26.4. The Balaban J connectivity index is 1.70. The lowest BCUT2D eigenvalue weighted by molar-refractivity contribution is -0.141. The predicted molar refractivity (Wildman–Crippen MR) is 108 cm³/mol. The van der Waals surface area contributed by atoms with Crippen LogP contribution in [0.4, 0.5) is 14.6 Å². The lowest BCUT2D eigenvalue weighted by atomic mass is 9.77. The Morgan fingerprint density at radius 1 is 1.39 bits per heavy atom. The van der Waals surface area contributed by atoms with Crippen molar-refractivity contribution in [1.29, 1.82) is 0 Å². The van der Waals surface area contributed by atoms with E-state index in [1.807, 2.05) is 25.1 Å². The van der Waals surface area contributed by atoms with Crippen LogP contribution in [0.15, 0.2) is 29.4 Å². The van der Waals surface area contributed by atoms with Crippen LogP contribution in [0.5, 0.6) is 0 Å². The SMILES string of the molecule is CN=Cc1cc(-c2ccc3c(C)c(C(O)C4CC(F)(F)C4)sc3n2)cnc1N. The lowest BCUT2D eigenvalue weighted by Gasteiger charge is -2.37. The first-order valence-corrected chi connectivity index (χ1v) is 9.75. The summed E-state index contributed by atoms with van der Waals surface area (Å²) in [6.45, 7) is 1.90. The Hall–Kier alpha value is -2.45. The first kappa shape index (κ1) is 18.9. The summed E-state index contributed by atoms with van der Waals surface area (Å²) in [6.07, 6.45) is 1.89. The van der Waals surface area contributed by atoms with Crippen LogP contribution < -0.4 is 5.73 Å². The van der Waals surface area contributed by atoms with Gasteiger partial charge in [-0.25, -0.2) is 18.7 Å². The van der Waals surface area contributed by atoms with Gasteiger partial charge < -0.3 is 10.8 Å². The Labute approximate surface area is 165 Å². The summed E-state index contributed by atoms with van der Waals surface area (Å²) in [6, 6.07) is 5.70. The van der Waals surface area contributed by atoms with Crippen molar-refractivity contribution in [1.82, 2.24) is 9.97 Å². The summed E-state index contributed by atoms with van der Waals surface area (Å²) in [4.78, 5) is 14.4. The molecule has 0 radical (unpaired) electrons. The minimum atomic E-state index is -2.65.